The molecule has 1 aliphatic heterocycles. The van der Waals surface area contributed by atoms with E-state index in [9.17, 15) is 0 Å². The van der Waals surface area contributed by atoms with Crippen LogP contribution in [0.5, 0.6) is 0 Å². The molecule has 3 nitrogen and oxygen atoms in total. The van der Waals surface area contributed by atoms with Crippen LogP contribution in [-0.2, 0) is 9.47 Å². The van der Waals surface area contributed by atoms with E-state index in [0.29, 0.717) is 6.61 Å². The molecule has 1 aliphatic rings. The van der Waals surface area contributed by atoms with E-state index in [2.05, 4.69) is 19.2 Å². The molecule has 0 bridgehead atoms. The van der Waals surface area contributed by atoms with Gasteiger partial charge in [0, 0.05) is 6.54 Å². The molecule has 3 heteroatoms. The topological polar surface area (TPSA) is 30.5 Å². The molecule has 0 amide bonds. The van der Waals surface area contributed by atoms with Gasteiger partial charge >= 0.3 is 0 Å². The van der Waals surface area contributed by atoms with Crippen LogP contribution in [0.25, 0.3) is 0 Å². The largest absolute Gasteiger partial charge is 0.348 e. The lowest BCUT2D eigenvalue weighted by Crippen LogP contribution is -2.33. The molecule has 1 unspecified atom stereocenters. The summed E-state index contributed by atoms with van der Waals surface area (Å²) in [5, 5.41) is 3.46. The average molecular weight is 215 g/mol. The summed E-state index contributed by atoms with van der Waals surface area (Å²) in [6, 6.07) is 0. The molecule has 1 atom stereocenters. The summed E-state index contributed by atoms with van der Waals surface area (Å²) in [5.41, 5.74) is 0. The minimum absolute atomic E-state index is 0.217. The second kappa shape index (κ2) is 5.83. The molecular weight excluding hydrogens is 190 g/mol. The molecule has 1 saturated heterocycles. The van der Waals surface area contributed by atoms with Crippen molar-refractivity contribution in [2.75, 3.05) is 19.7 Å². The van der Waals surface area contributed by atoms with Crippen molar-refractivity contribution in [1.29, 1.82) is 0 Å². The fourth-order valence-corrected chi connectivity index (χ4v) is 1.89. The highest BCUT2D eigenvalue weighted by atomic mass is 16.7. The molecule has 0 spiro atoms. The first-order chi connectivity index (χ1) is 7.07. The zero-order valence-electron chi connectivity index (χ0n) is 10.5. The number of nitrogens with one attached hydrogen (secondary N) is 1. The van der Waals surface area contributed by atoms with E-state index in [1.165, 1.54) is 12.8 Å². The van der Waals surface area contributed by atoms with E-state index >= 15 is 0 Å². The second-order valence-electron chi connectivity index (χ2n) is 4.79. The Bertz CT molecular complexity index is 178. The number of rotatable bonds is 6. The zero-order valence-corrected chi connectivity index (χ0v) is 10.5. The lowest BCUT2D eigenvalue weighted by molar-refractivity contribution is -0.137. The van der Waals surface area contributed by atoms with Crippen LogP contribution in [-0.4, -0.2) is 31.6 Å². The van der Waals surface area contributed by atoms with Crippen molar-refractivity contribution in [3.8, 4) is 0 Å². The molecule has 15 heavy (non-hydrogen) atoms. The molecule has 0 aromatic rings. The summed E-state index contributed by atoms with van der Waals surface area (Å²) in [7, 11) is 0. The van der Waals surface area contributed by atoms with Crippen LogP contribution in [0.4, 0.5) is 0 Å². The van der Waals surface area contributed by atoms with E-state index < -0.39 is 0 Å². The Hall–Kier alpha value is -0.120. The van der Waals surface area contributed by atoms with Gasteiger partial charge in [0.1, 0.15) is 0 Å². The van der Waals surface area contributed by atoms with Gasteiger partial charge in [-0.2, -0.15) is 0 Å². The van der Waals surface area contributed by atoms with Crippen LogP contribution in [0.1, 0.15) is 40.5 Å². The first kappa shape index (κ1) is 12.9. The molecule has 1 rings (SSSR count). The lowest BCUT2D eigenvalue weighted by Gasteiger charge is -2.18. The van der Waals surface area contributed by atoms with E-state index in [4.69, 9.17) is 9.47 Å². The minimum atomic E-state index is -0.388. The highest BCUT2D eigenvalue weighted by molar-refractivity contribution is 4.73. The molecule has 0 aliphatic carbocycles. The molecule has 1 N–H and O–H groups in total. The zero-order chi connectivity index (χ0) is 11.3. The SMILES string of the molecule is CCC(CC)CNCC1COC(C)(C)O1. The van der Waals surface area contributed by atoms with Gasteiger partial charge in [0.05, 0.1) is 12.7 Å². The summed E-state index contributed by atoms with van der Waals surface area (Å²) in [6.07, 6.45) is 2.71. The summed E-state index contributed by atoms with van der Waals surface area (Å²) in [4.78, 5) is 0. The van der Waals surface area contributed by atoms with Crippen LogP contribution in [0.15, 0.2) is 0 Å². The van der Waals surface area contributed by atoms with E-state index in [-0.39, 0.29) is 11.9 Å². The average Bonchev–Trinajstić information content (AvgIpc) is 2.53. The van der Waals surface area contributed by atoms with Gasteiger partial charge < -0.3 is 14.8 Å². The van der Waals surface area contributed by atoms with Crippen molar-refractivity contribution in [3.63, 3.8) is 0 Å². The summed E-state index contributed by atoms with van der Waals surface area (Å²) in [5.74, 6) is 0.404. The van der Waals surface area contributed by atoms with E-state index in [0.717, 1.165) is 19.0 Å². The standard InChI is InChI=1S/C12H25NO2/c1-5-10(6-2)7-13-8-11-9-14-12(3,4)15-11/h10-11,13H,5-9H2,1-4H3. The molecular formula is C12H25NO2. The van der Waals surface area contributed by atoms with Crippen LogP contribution in [0, 0.1) is 5.92 Å². The Kier molecular flexibility index (Phi) is 5.03. The van der Waals surface area contributed by atoms with Crippen molar-refractivity contribution in [2.24, 2.45) is 5.92 Å². The van der Waals surface area contributed by atoms with Gasteiger partial charge in [-0.25, -0.2) is 0 Å². The first-order valence-electron chi connectivity index (χ1n) is 6.10. The van der Waals surface area contributed by atoms with Gasteiger partial charge in [0.25, 0.3) is 0 Å². The molecule has 0 saturated carbocycles. The second-order valence-corrected chi connectivity index (χ2v) is 4.79. The lowest BCUT2D eigenvalue weighted by atomic mass is 10.0. The van der Waals surface area contributed by atoms with Crippen LogP contribution in [0.3, 0.4) is 0 Å². The smallest absolute Gasteiger partial charge is 0.163 e. The Morgan fingerprint density at radius 1 is 1.33 bits per heavy atom. The van der Waals surface area contributed by atoms with Crippen molar-refractivity contribution in [1.82, 2.24) is 5.32 Å². The van der Waals surface area contributed by atoms with Gasteiger partial charge in [-0.15, -0.1) is 0 Å². The van der Waals surface area contributed by atoms with Crippen LogP contribution >= 0.6 is 0 Å². The van der Waals surface area contributed by atoms with Gasteiger partial charge in [0.2, 0.25) is 0 Å². The van der Waals surface area contributed by atoms with Gasteiger partial charge in [-0.3, -0.25) is 0 Å². The summed E-state index contributed by atoms with van der Waals surface area (Å²) in [6.45, 7) is 11.1. The highest BCUT2D eigenvalue weighted by Crippen LogP contribution is 2.21. The maximum absolute atomic E-state index is 5.71. The normalized spacial score (nSPS) is 25.0. The van der Waals surface area contributed by atoms with Crippen molar-refractivity contribution >= 4 is 0 Å². The fourth-order valence-electron chi connectivity index (χ4n) is 1.89. The molecule has 0 aromatic heterocycles. The molecule has 1 fully saturated rings. The fraction of sp³-hybridized carbons (Fsp3) is 1.00. The first-order valence-corrected chi connectivity index (χ1v) is 6.10. The van der Waals surface area contributed by atoms with Gasteiger partial charge in [-0.1, -0.05) is 26.7 Å². The maximum Gasteiger partial charge on any atom is 0.163 e. The van der Waals surface area contributed by atoms with Crippen molar-refractivity contribution in [3.05, 3.63) is 0 Å². The number of hydrogen-bond acceptors (Lipinski definition) is 3. The highest BCUT2D eigenvalue weighted by Gasteiger charge is 2.32. The van der Waals surface area contributed by atoms with Gasteiger partial charge in [0.15, 0.2) is 5.79 Å². The maximum atomic E-state index is 5.71. The summed E-state index contributed by atoms with van der Waals surface area (Å²) >= 11 is 0. The van der Waals surface area contributed by atoms with Crippen LogP contribution in [0.2, 0.25) is 0 Å². The Balaban J connectivity index is 2.11. The third-order valence-electron chi connectivity index (χ3n) is 3.03. The third kappa shape index (κ3) is 4.49. The molecule has 0 aromatic carbocycles. The monoisotopic (exact) mass is 215 g/mol. The minimum Gasteiger partial charge on any atom is -0.348 e. The number of ether oxygens (including phenoxy) is 2. The third-order valence-corrected chi connectivity index (χ3v) is 3.03. The molecule has 0 radical (unpaired) electrons. The van der Waals surface area contributed by atoms with Crippen molar-refractivity contribution in [2.45, 2.75) is 52.4 Å². The van der Waals surface area contributed by atoms with E-state index in [1.54, 1.807) is 0 Å². The molecule has 90 valence electrons. The predicted octanol–water partition coefficient (Wildman–Crippen LogP) is 2.16. The Morgan fingerprint density at radius 3 is 2.47 bits per heavy atom. The quantitative estimate of drug-likeness (QED) is 0.736. The van der Waals surface area contributed by atoms with E-state index in [1.807, 2.05) is 13.8 Å². The Morgan fingerprint density at radius 2 is 2.00 bits per heavy atom. The van der Waals surface area contributed by atoms with Gasteiger partial charge in [-0.05, 0) is 26.3 Å². The van der Waals surface area contributed by atoms with Crippen LogP contribution < -0.4 is 5.32 Å². The number of hydrogen-bond donors (Lipinski definition) is 1. The summed E-state index contributed by atoms with van der Waals surface area (Å²) < 4.78 is 11.2. The van der Waals surface area contributed by atoms with Crippen molar-refractivity contribution < 1.29 is 9.47 Å². The molecule has 1 heterocycles. The predicted molar refractivity (Wildman–Crippen MR) is 61.8 cm³/mol. The Labute approximate surface area is 93.5 Å².